The first-order valence-corrected chi connectivity index (χ1v) is 5.88. The van der Waals surface area contributed by atoms with Gasteiger partial charge in [-0.05, 0) is 25.3 Å². The number of hydrogen-bond acceptors (Lipinski definition) is 2. The fourth-order valence-corrected chi connectivity index (χ4v) is 2.48. The Bertz CT molecular complexity index is 393. The molecule has 1 aliphatic rings. The Hall–Kier alpha value is -0.540. The van der Waals surface area contributed by atoms with E-state index in [2.05, 4.69) is 5.10 Å². The lowest BCUT2D eigenvalue weighted by Crippen LogP contribution is -2.33. The van der Waals surface area contributed by atoms with Crippen molar-refractivity contribution in [1.82, 2.24) is 9.78 Å². The Morgan fingerprint density at radius 2 is 2.13 bits per heavy atom. The second-order valence-corrected chi connectivity index (χ2v) is 4.93. The molecular weight excluding hydrogens is 235 g/mol. The third kappa shape index (κ3) is 2.34. The lowest BCUT2D eigenvalue weighted by atomic mass is 9.94. The zero-order chi connectivity index (χ0) is 10.8. The van der Waals surface area contributed by atoms with Crippen LogP contribution in [0.25, 0.3) is 0 Å². The fourth-order valence-electron chi connectivity index (χ4n) is 1.92. The van der Waals surface area contributed by atoms with Crippen molar-refractivity contribution in [3.05, 3.63) is 28.7 Å². The van der Waals surface area contributed by atoms with E-state index in [-0.39, 0.29) is 22.4 Å². The molecule has 0 N–H and O–H groups in total. The second kappa shape index (κ2) is 4.54. The highest BCUT2D eigenvalue weighted by atomic mass is 35.5. The van der Waals surface area contributed by atoms with Crippen molar-refractivity contribution >= 4 is 23.2 Å². The molecule has 1 fully saturated rings. The minimum absolute atomic E-state index is 0.0160. The van der Waals surface area contributed by atoms with E-state index in [4.69, 9.17) is 23.2 Å². The van der Waals surface area contributed by atoms with Gasteiger partial charge in [-0.15, -0.1) is 23.2 Å². The molecule has 3 unspecified atom stereocenters. The summed E-state index contributed by atoms with van der Waals surface area (Å²) < 4.78 is 1.51. The molecule has 5 heteroatoms. The van der Waals surface area contributed by atoms with Crippen LogP contribution in [-0.4, -0.2) is 20.5 Å². The van der Waals surface area contributed by atoms with E-state index in [1.807, 2.05) is 0 Å². The van der Waals surface area contributed by atoms with Crippen LogP contribution in [0.2, 0.25) is 0 Å². The lowest BCUT2D eigenvalue weighted by Gasteiger charge is -2.29. The SMILES string of the molecule is O=c1cccnn1C1CCC(Cl)C(Cl)C1. The largest absolute Gasteiger partial charge is 0.268 e. The Morgan fingerprint density at radius 3 is 2.80 bits per heavy atom. The molecule has 0 amide bonds. The Labute approximate surface area is 98.0 Å². The van der Waals surface area contributed by atoms with Crippen molar-refractivity contribution in [3.63, 3.8) is 0 Å². The first-order chi connectivity index (χ1) is 7.18. The second-order valence-electron chi connectivity index (χ2n) is 3.81. The number of alkyl halides is 2. The summed E-state index contributed by atoms with van der Waals surface area (Å²) in [6.45, 7) is 0. The van der Waals surface area contributed by atoms with Gasteiger partial charge in [0.1, 0.15) is 0 Å². The standard InChI is InChI=1S/C10H12Cl2N2O/c11-8-4-3-7(6-9(8)12)14-10(15)2-1-5-13-14/h1-2,5,7-9H,3-4,6H2. The molecule has 1 saturated carbocycles. The normalized spacial score (nSPS) is 31.5. The van der Waals surface area contributed by atoms with Crippen LogP contribution in [0.5, 0.6) is 0 Å². The van der Waals surface area contributed by atoms with E-state index in [1.165, 1.54) is 10.7 Å². The van der Waals surface area contributed by atoms with Gasteiger partial charge in [0.25, 0.3) is 5.56 Å². The van der Waals surface area contributed by atoms with Gasteiger partial charge in [-0.3, -0.25) is 4.79 Å². The van der Waals surface area contributed by atoms with Crippen LogP contribution in [0.15, 0.2) is 23.1 Å². The van der Waals surface area contributed by atoms with Crippen molar-refractivity contribution in [2.24, 2.45) is 0 Å². The summed E-state index contributed by atoms with van der Waals surface area (Å²) in [5.41, 5.74) is -0.0700. The number of hydrogen-bond donors (Lipinski definition) is 0. The van der Waals surface area contributed by atoms with Gasteiger partial charge in [-0.2, -0.15) is 5.10 Å². The van der Waals surface area contributed by atoms with Crippen LogP contribution in [0.4, 0.5) is 0 Å². The van der Waals surface area contributed by atoms with Crippen molar-refractivity contribution in [3.8, 4) is 0 Å². The Balaban J connectivity index is 2.19. The van der Waals surface area contributed by atoms with Crippen molar-refractivity contribution in [2.45, 2.75) is 36.1 Å². The smallest absolute Gasteiger partial charge is 0.266 e. The zero-order valence-electron chi connectivity index (χ0n) is 8.14. The third-order valence-electron chi connectivity index (χ3n) is 2.75. The number of halogens is 2. The molecule has 0 aliphatic heterocycles. The minimum Gasteiger partial charge on any atom is -0.268 e. The van der Waals surface area contributed by atoms with Gasteiger partial charge in [0, 0.05) is 12.3 Å². The van der Waals surface area contributed by atoms with E-state index in [0.717, 1.165) is 12.8 Å². The zero-order valence-corrected chi connectivity index (χ0v) is 9.66. The van der Waals surface area contributed by atoms with Crippen LogP contribution in [0.3, 0.4) is 0 Å². The summed E-state index contributed by atoms with van der Waals surface area (Å²) >= 11 is 12.1. The molecule has 0 radical (unpaired) electrons. The maximum atomic E-state index is 11.5. The van der Waals surface area contributed by atoms with E-state index in [9.17, 15) is 4.79 Å². The molecule has 1 heterocycles. The quantitative estimate of drug-likeness (QED) is 0.713. The number of rotatable bonds is 1. The summed E-state index contributed by atoms with van der Waals surface area (Å²) in [6.07, 6.45) is 4.04. The summed E-state index contributed by atoms with van der Waals surface area (Å²) in [7, 11) is 0. The highest BCUT2D eigenvalue weighted by molar-refractivity contribution is 6.30. The molecule has 82 valence electrons. The fraction of sp³-hybridized carbons (Fsp3) is 0.600. The van der Waals surface area contributed by atoms with E-state index in [0.29, 0.717) is 6.42 Å². The van der Waals surface area contributed by atoms with Gasteiger partial charge >= 0.3 is 0 Å². The summed E-state index contributed by atoms with van der Waals surface area (Å²) in [5, 5.41) is 4.01. The third-order valence-corrected chi connectivity index (χ3v) is 3.89. The summed E-state index contributed by atoms with van der Waals surface area (Å²) in [4.78, 5) is 11.5. The molecule has 1 aromatic heterocycles. The van der Waals surface area contributed by atoms with Crippen molar-refractivity contribution in [2.75, 3.05) is 0 Å². The van der Waals surface area contributed by atoms with Gasteiger partial charge in [0.05, 0.1) is 16.8 Å². The number of aromatic nitrogens is 2. The van der Waals surface area contributed by atoms with Gasteiger partial charge in [-0.25, -0.2) is 4.68 Å². The van der Waals surface area contributed by atoms with Gasteiger partial charge in [-0.1, -0.05) is 0 Å². The topological polar surface area (TPSA) is 34.9 Å². The first-order valence-electron chi connectivity index (χ1n) is 5.00. The maximum absolute atomic E-state index is 11.5. The predicted molar refractivity (Wildman–Crippen MR) is 60.7 cm³/mol. The number of nitrogens with zero attached hydrogens (tertiary/aromatic N) is 2. The molecule has 1 aromatic rings. The van der Waals surface area contributed by atoms with Crippen LogP contribution < -0.4 is 5.56 Å². The summed E-state index contributed by atoms with van der Waals surface area (Å²) in [5.74, 6) is 0. The minimum atomic E-state index is -0.0701. The molecule has 2 rings (SSSR count). The predicted octanol–water partition coefficient (Wildman–Crippen LogP) is 2.18. The van der Waals surface area contributed by atoms with Gasteiger partial charge < -0.3 is 0 Å². The van der Waals surface area contributed by atoms with E-state index in [1.54, 1.807) is 12.3 Å². The molecule has 0 spiro atoms. The molecule has 0 bridgehead atoms. The highest BCUT2D eigenvalue weighted by Gasteiger charge is 2.29. The molecule has 3 atom stereocenters. The van der Waals surface area contributed by atoms with Crippen LogP contribution in [-0.2, 0) is 0 Å². The molecule has 15 heavy (non-hydrogen) atoms. The molecule has 3 nitrogen and oxygen atoms in total. The Kier molecular flexibility index (Phi) is 3.32. The molecule has 1 aliphatic carbocycles. The Morgan fingerprint density at radius 1 is 1.33 bits per heavy atom. The van der Waals surface area contributed by atoms with Crippen molar-refractivity contribution < 1.29 is 0 Å². The molecule has 0 aromatic carbocycles. The monoisotopic (exact) mass is 246 g/mol. The average molecular weight is 247 g/mol. The van der Waals surface area contributed by atoms with Crippen LogP contribution >= 0.6 is 23.2 Å². The average Bonchev–Trinajstić information content (AvgIpc) is 2.23. The first kappa shape index (κ1) is 11.0. The van der Waals surface area contributed by atoms with Gasteiger partial charge in [0.2, 0.25) is 0 Å². The van der Waals surface area contributed by atoms with Gasteiger partial charge in [0.15, 0.2) is 0 Å². The molecule has 0 saturated heterocycles. The lowest BCUT2D eigenvalue weighted by molar-refractivity contribution is 0.325. The highest BCUT2D eigenvalue weighted by Crippen LogP contribution is 2.33. The van der Waals surface area contributed by atoms with Crippen molar-refractivity contribution in [1.29, 1.82) is 0 Å². The maximum Gasteiger partial charge on any atom is 0.266 e. The van der Waals surface area contributed by atoms with E-state index >= 15 is 0 Å². The molecular formula is C10H12Cl2N2O. The van der Waals surface area contributed by atoms with Crippen LogP contribution in [0, 0.1) is 0 Å². The van der Waals surface area contributed by atoms with Crippen LogP contribution in [0.1, 0.15) is 25.3 Å². The van der Waals surface area contributed by atoms with E-state index < -0.39 is 0 Å². The summed E-state index contributed by atoms with van der Waals surface area (Å²) in [6, 6.07) is 3.25.